The summed E-state index contributed by atoms with van der Waals surface area (Å²) in [5.41, 5.74) is 1.58. The molecule has 8 nitrogen and oxygen atoms in total. The van der Waals surface area contributed by atoms with Crippen LogP contribution in [-0.4, -0.2) is 35.5 Å². The van der Waals surface area contributed by atoms with E-state index in [4.69, 9.17) is 21.1 Å². The zero-order valence-electron chi connectivity index (χ0n) is 20.2. The number of amides is 1. The number of ether oxygens (including phenoxy) is 2. The highest BCUT2D eigenvalue weighted by Crippen LogP contribution is 2.36. The highest BCUT2D eigenvalue weighted by Gasteiger charge is 2.15. The molecule has 0 radical (unpaired) electrons. The van der Waals surface area contributed by atoms with Crippen LogP contribution in [0.2, 0.25) is 5.02 Å². The average Bonchev–Trinajstić information content (AvgIpc) is 2.88. The number of fused-ring (bicyclic) bond motifs is 1. The second-order valence-corrected chi connectivity index (χ2v) is 9.36. The van der Waals surface area contributed by atoms with Gasteiger partial charge in [-0.05, 0) is 54.4 Å². The Morgan fingerprint density at radius 2 is 1.97 bits per heavy atom. The molecular weight excluding hydrogens is 560 g/mol. The molecule has 0 aliphatic rings. The van der Waals surface area contributed by atoms with Crippen molar-refractivity contribution >= 4 is 56.2 Å². The van der Waals surface area contributed by atoms with Crippen LogP contribution in [0.3, 0.4) is 0 Å². The smallest absolute Gasteiger partial charge is 0.282 e. The van der Waals surface area contributed by atoms with Crippen molar-refractivity contribution in [2.45, 2.75) is 19.8 Å². The van der Waals surface area contributed by atoms with E-state index in [0.717, 1.165) is 10.9 Å². The largest absolute Gasteiger partial charge is 0.493 e. The topological polar surface area (TPSA) is 94.8 Å². The normalized spacial score (nSPS) is 11.1. The first kappa shape index (κ1) is 26.4. The van der Waals surface area contributed by atoms with Gasteiger partial charge in [-0.25, -0.2) is 4.98 Å². The molecule has 0 saturated heterocycles. The molecule has 0 bridgehead atoms. The Morgan fingerprint density at radius 1 is 1.19 bits per heavy atom. The second kappa shape index (κ2) is 12.0. The molecule has 4 aromatic rings. The lowest BCUT2D eigenvalue weighted by atomic mass is 10.2. The fraction of sp³-hybridized carbons (Fsp3) is 0.185. The molecule has 0 aliphatic carbocycles. The Morgan fingerprint density at radius 3 is 2.70 bits per heavy atom. The molecule has 1 N–H and O–H groups in total. The van der Waals surface area contributed by atoms with Crippen LogP contribution in [0, 0.1) is 0 Å². The van der Waals surface area contributed by atoms with Crippen LogP contribution in [0.5, 0.6) is 11.5 Å². The van der Waals surface area contributed by atoms with Gasteiger partial charge in [0, 0.05) is 16.6 Å². The van der Waals surface area contributed by atoms with Crippen LogP contribution in [0.1, 0.15) is 24.7 Å². The maximum atomic E-state index is 13.2. The quantitative estimate of drug-likeness (QED) is 0.256. The maximum Gasteiger partial charge on any atom is 0.282 e. The maximum absolute atomic E-state index is 13.2. The number of hydrogen-bond donors (Lipinski definition) is 1. The molecule has 0 unspecified atom stereocenters. The lowest BCUT2D eigenvalue weighted by molar-refractivity contribution is -0.118. The number of aryl methyl sites for hydroxylation is 1. The summed E-state index contributed by atoms with van der Waals surface area (Å²) < 4.78 is 13.2. The highest BCUT2D eigenvalue weighted by molar-refractivity contribution is 9.10. The van der Waals surface area contributed by atoms with Gasteiger partial charge in [0.05, 0.1) is 29.2 Å². The molecule has 4 rings (SSSR count). The van der Waals surface area contributed by atoms with E-state index >= 15 is 0 Å². The first-order chi connectivity index (χ1) is 17.9. The van der Waals surface area contributed by atoms with Gasteiger partial charge in [-0.15, -0.1) is 0 Å². The summed E-state index contributed by atoms with van der Waals surface area (Å²) in [5.74, 6) is 0.767. The number of halogens is 2. The van der Waals surface area contributed by atoms with Gasteiger partial charge in [-0.1, -0.05) is 52.7 Å². The third kappa shape index (κ3) is 6.36. The molecule has 1 amide bonds. The zero-order valence-corrected chi connectivity index (χ0v) is 22.5. The van der Waals surface area contributed by atoms with Gasteiger partial charge in [0.15, 0.2) is 18.1 Å². The fourth-order valence-electron chi connectivity index (χ4n) is 3.63. The van der Waals surface area contributed by atoms with Crippen LogP contribution < -0.4 is 20.3 Å². The van der Waals surface area contributed by atoms with E-state index in [0.29, 0.717) is 40.1 Å². The van der Waals surface area contributed by atoms with Crippen molar-refractivity contribution in [3.8, 4) is 11.5 Å². The molecule has 37 heavy (non-hydrogen) atoms. The van der Waals surface area contributed by atoms with E-state index in [1.807, 2.05) is 31.2 Å². The second-order valence-electron chi connectivity index (χ2n) is 8.04. The van der Waals surface area contributed by atoms with E-state index in [-0.39, 0.29) is 28.8 Å². The number of aromatic nitrogens is 2. The van der Waals surface area contributed by atoms with E-state index < -0.39 is 0 Å². The van der Waals surface area contributed by atoms with Gasteiger partial charge < -0.3 is 14.8 Å². The van der Waals surface area contributed by atoms with Crippen molar-refractivity contribution in [1.82, 2.24) is 9.66 Å². The summed E-state index contributed by atoms with van der Waals surface area (Å²) in [5, 5.41) is 7.86. The van der Waals surface area contributed by atoms with Crippen molar-refractivity contribution in [2.75, 3.05) is 19.0 Å². The summed E-state index contributed by atoms with van der Waals surface area (Å²) >= 11 is 9.87. The number of methoxy groups -OCH3 is 1. The molecule has 1 aromatic heterocycles. The molecule has 3 aromatic carbocycles. The number of carbonyl (C=O) groups excluding carboxylic acids is 1. The van der Waals surface area contributed by atoms with Crippen molar-refractivity contribution in [3.05, 3.63) is 91.9 Å². The average molecular weight is 584 g/mol. The minimum atomic E-state index is -0.340. The Bertz CT molecular complexity index is 1520. The predicted octanol–water partition coefficient (Wildman–Crippen LogP) is 5.67. The van der Waals surface area contributed by atoms with E-state index in [1.54, 1.807) is 36.4 Å². The predicted molar refractivity (Wildman–Crippen MR) is 149 cm³/mol. The van der Waals surface area contributed by atoms with Crippen LogP contribution in [0.4, 0.5) is 5.69 Å². The molecule has 190 valence electrons. The summed E-state index contributed by atoms with van der Waals surface area (Å²) in [7, 11) is 1.47. The van der Waals surface area contributed by atoms with Gasteiger partial charge in [0.25, 0.3) is 11.5 Å². The summed E-state index contributed by atoms with van der Waals surface area (Å²) in [4.78, 5) is 30.1. The summed E-state index contributed by atoms with van der Waals surface area (Å²) in [6, 6.07) is 17.7. The lowest BCUT2D eigenvalue weighted by Crippen LogP contribution is -2.22. The first-order valence-electron chi connectivity index (χ1n) is 11.5. The van der Waals surface area contributed by atoms with Crippen LogP contribution in [0.15, 0.2) is 75.0 Å². The van der Waals surface area contributed by atoms with E-state index in [9.17, 15) is 9.59 Å². The van der Waals surface area contributed by atoms with Crippen molar-refractivity contribution in [3.63, 3.8) is 0 Å². The van der Waals surface area contributed by atoms with E-state index in [2.05, 4.69) is 31.3 Å². The van der Waals surface area contributed by atoms with Gasteiger partial charge in [-0.2, -0.15) is 9.78 Å². The van der Waals surface area contributed by atoms with Gasteiger partial charge in [-0.3, -0.25) is 9.59 Å². The van der Waals surface area contributed by atoms with Gasteiger partial charge in [0.1, 0.15) is 5.82 Å². The highest BCUT2D eigenvalue weighted by atomic mass is 79.9. The lowest BCUT2D eigenvalue weighted by Gasteiger charge is -2.13. The zero-order chi connectivity index (χ0) is 26.4. The molecule has 0 saturated carbocycles. The number of nitrogens with one attached hydrogen (secondary N) is 1. The van der Waals surface area contributed by atoms with Crippen LogP contribution in [0.25, 0.3) is 10.9 Å². The number of nitrogens with zero attached hydrogens (tertiary/aromatic N) is 3. The number of para-hydroxylation sites is 1. The third-order valence-electron chi connectivity index (χ3n) is 5.33. The van der Waals surface area contributed by atoms with Gasteiger partial charge in [0.2, 0.25) is 0 Å². The van der Waals surface area contributed by atoms with Crippen molar-refractivity contribution < 1.29 is 14.3 Å². The number of anilines is 1. The molecule has 10 heteroatoms. The fourth-order valence-corrected chi connectivity index (χ4v) is 4.27. The Hall–Kier alpha value is -3.69. The SMILES string of the molecule is CCCc1nc2ccc(Br)cc2c(=O)n1N=Cc1cc(Cl)c(OCC(=O)Nc2ccccc2)c(OC)c1. The van der Waals surface area contributed by atoms with E-state index in [1.165, 1.54) is 18.0 Å². The molecule has 0 aliphatic heterocycles. The summed E-state index contributed by atoms with van der Waals surface area (Å²) in [6.45, 7) is 1.75. The summed E-state index contributed by atoms with van der Waals surface area (Å²) in [6.07, 6.45) is 2.89. The van der Waals surface area contributed by atoms with Crippen molar-refractivity contribution in [1.29, 1.82) is 0 Å². The van der Waals surface area contributed by atoms with Crippen molar-refractivity contribution in [2.24, 2.45) is 5.10 Å². The monoisotopic (exact) mass is 582 g/mol. The molecular formula is C27H24BrClN4O4. The minimum absolute atomic E-state index is 0.227. The third-order valence-corrected chi connectivity index (χ3v) is 6.10. The Balaban J connectivity index is 1.59. The number of carbonyl (C=O) groups is 1. The number of hydrogen-bond acceptors (Lipinski definition) is 6. The first-order valence-corrected chi connectivity index (χ1v) is 12.7. The molecule has 1 heterocycles. The van der Waals surface area contributed by atoms with Crippen LogP contribution >= 0.6 is 27.5 Å². The Kier molecular flexibility index (Phi) is 8.58. The number of rotatable bonds is 9. The van der Waals surface area contributed by atoms with Gasteiger partial charge >= 0.3 is 0 Å². The molecule has 0 spiro atoms. The standard InChI is InChI=1S/C27H24BrClN4O4/c1-3-7-24-32-22-11-10-18(28)14-20(22)27(35)33(24)30-15-17-12-21(29)26(23(13-17)36-2)37-16-25(34)31-19-8-5-4-6-9-19/h4-6,8-15H,3,7,16H2,1-2H3,(H,31,34). The van der Waals surface area contributed by atoms with Crippen LogP contribution in [-0.2, 0) is 11.2 Å². The Labute approximate surface area is 227 Å². The molecule has 0 atom stereocenters. The minimum Gasteiger partial charge on any atom is -0.493 e. The molecule has 0 fully saturated rings. The number of benzene rings is 3.